The Balaban J connectivity index is 3.85. The van der Waals surface area contributed by atoms with Gasteiger partial charge in [0.25, 0.3) is 0 Å². The Hall–Kier alpha value is -0.730. The topological polar surface area (TPSA) is 66.5 Å². The Kier molecular flexibility index (Phi) is 25.9. The highest BCUT2D eigenvalue weighted by Gasteiger charge is 2.13. The predicted octanol–water partition coefficient (Wildman–Crippen LogP) is 4.47. The highest BCUT2D eigenvalue weighted by molar-refractivity contribution is 5.76. The first-order valence-corrected chi connectivity index (χ1v) is 12.9. The minimum atomic E-state index is 0.154. The van der Waals surface area contributed by atoms with E-state index in [1.165, 1.54) is 32.1 Å². The van der Waals surface area contributed by atoms with Crippen molar-refractivity contribution in [2.75, 3.05) is 79.2 Å². The molecule has 0 aromatic rings. The number of nitrogens with zero attached hydrogens (tertiary/aromatic N) is 1. The molecule has 0 radical (unpaired) electrons. The van der Waals surface area contributed by atoms with E-state index in [0.717, 1.165) is 32.4 Å². The first-order chi connectivity index (χ1) is 15.8. The molecule has 7 nitrogen and oxygen atoms in total. The lowest BCUT2D eigenvalue weighted by Gasteiger charge is -2.23. The Morgan fingerprint density at radius 2 is 1.06 bits per heavy atom. The van der Waals surface area contributed by atoms with Crippen molar-refractivity contribution >= 4 is 5.91 Å². The summed E-state index contributed by atoms with van der Waals surface area (Å²) in [6.45, 7) is 13.7. The summed E-state index contributed by atoms with van der Waals surface area (Å²) in [6, 6.07) is 0. The lowest BCUT2D eigenvalue weighted by atomic mass is 10.1. The van der Waals surface area contributed by atoms with E-state index in [1.807, 2.05) is 11.8 Å². The van der Waals surface area contributed by atoms with E-state index in [4.69, 9.17) is 23.7 Å². The number of amides is 1. The first kappa shape index (κ1) is 31.3. The molecule has 0 heterocycles. The maximum Gasteiger partial charge on any atom is 0.224 e. The van der Waals surface area contributed by atoms with E-state index in [0.29, 0.717) is 72.4 Å². The fraction of sp³-hybridized carbons (Fsp3) is 0.960. The van der Waals surface area contributed by atoms with Crippen LogP contribution in [0.1, 0.15) is 78.6 Å². The second kappa shape index (κ2) is 26.5. The maximum absolute atomic E-state index is 12.6. The number of hydrogen-bond donors (Lipinski definition) is 0. The average Bonchev–Trinajstić information content (AvgIpc) is 2.80. The minimum Gasteiger partial charge on any atom is -0.380 e. The lowest BCUT2D eigenvalue weighted by molar-refractivity contribution is -0.133. The number of rotatable bonds is 26. The molecule has 0 aliphatic rings. The molecule has 0 saturated carbocycles. The number of carbonyl (C=O) groups is 1. The van der Waals surface area contributed by atoms with Crippen LogP contribution in [0.4, 0.5) is 0 Å². The molecule has 192 valence electrons. The zero-order valence-corrected chi connectivity index (χ0v) is 21.2. The summed E-state index contributed by atoms with van der Waals surface area (Å²) >= 11 is 0. The van der Waals surface area contributed by atoms with Crippen molar-refractivity contribution in [3.8, 4) is 0 Å². The van der Waals surface area contributed by atoms with E-state index in [-0.39, 0.29) is 5.91 Å². The Bertz CT molecular complexity index is 383. The SMILES string of the molecule is CCCCCCCCN(CCOCCCC)C(=O)CCOCCOCCOCCOCC. The normalized spacial score (nSPS) is 11.2. The van der Waals surface area contributed by atoms with Crippen LogP contribution in [-0.2, 0) is 28.5 Å². The van der Waals surface area contributed by atoms with Gasteiger partial charge in [-0.1, -0.05) is 52.4 Å². The highest BCUT2D eigenvalue weighted by atomic mass is 16.6. The number of ether oxygens (including phenoxy) is 5. The summed E-state index contributed by atoms with van der Waals surface area (Å²) in [6.07, 6.45) is 9.95. The third-order valence-electron chi connectivity index (χ3n) is 5.06. The van der Waals surface area contributed by atoms with Gasteiger partial charge >= 0.3 is 0 Å². The van der Waals surface area contributed by atoms with E-state index in [1.54, 1.807) is 0 Å². The summed E-state index contributed by atoms with van der Waals surface area (Å²) in [5.74, 6) is 0.154. The monoisotopic (exact) mass is 461 g/mol. The fourth-order valence-corrected chi connectivity index (χ4v) is 3.09. The molecule has 0 atom stereocenters. The first-order valence-electron chi connectivity index (χ1n) is 12.9. The van der Waals surface area contributed by atoms with Crippen LogP contribution in [0.3, 0.4) is 0 Å². The summed E-state index contributed by atoms with van der Waals surface area (Å²) in [5.41, 5.74) is 0. The smallest absolute Gasteiger partial charge is 0.224 e. The van der Waals surface area contributed by atoms with E-state index in [2.05, 4.69) is 13.8 Å². The molecule has 32 heavy (non-hydrogen) atoms. The van der Waals surface area contributed by atoms with E-state index < -0.39 is 0 Å². The van der Waals surface area contributed by atoms with Crippen LogP contribution >= 0.6 is 0 Å². The molecule has 0 aromatic carbocycles. The molecule has 7 heteroatoms. The Morgan fingerprint density at radius 3 is 1.69 bits per heavy atom. The second-order valence-electron chi connectivity index (χ2n) is 7.90. The van der Waals surface area contributed by atoms with Crippen LogP contribution in [0.5, 0.6) is 0 Å². The van der Waals surface area contributed by atoms with Gasteiger partial charge in [-0.05, 0) is 19.8 Å². The van der Waals surface area contributed by atoms with Gasteiger partial charge in [-0.2, -0.15) is 0 Å². The predicted molar refractivity (Wildman–Crippen MR) is 129 cm³/mol. The van der Waals surface area contributed by atoms with Crippen LogP contribution in [0.2, 0.25) is 0 Å². The van der Waals surface area contributed by atoms with Gasteiger partial charge < -0.3 is 28.6 Å². The molecule has 0 saturated heterocycles. The van der Waals surface area contributed by atoms with Gasteiger partial charge in [0.2, 0.25) is 5.91 Å². The van der Waals surface area contributed by atoms with Crippen molar-refractivity contribution in [2.24, 2.45) is 0 Å². The van der Waals surface area contributed by atoms with Gasteiger partial charge in [-0.25, -0.2) is 0 Å². The van der Waals surface area contributed by atoms with Gasteiger partial charge in [0.1, 0.15) is 0 Å². The van der Waals surface area contributed by atoms with Gasteiger partial charge in [0.15, 0.2) is 0 Å². The molecule has 0 bridgehead atoms. The van der Waals surface area contributed by atoms with Gasteiger partial charge in [-0.15, -0.1) is 0 Å². The molecule has 0 aromatic heterocycles. The quantitative estimate of drug-likeness (QED) is 0.177. The Morgan fingerprint density at radius 1 is 0.531 bits per heavy atom. The summed E-state index contributed by atoms with van der Waals surface area (Å²) in [5, 5.41) is 0. The zero-order chi connectivity index (χ0) is 23.5. The molecule has 0 rings (SSSR count). The lowest BCUT2D eigenvalue weighted by Crippen LogP contribution is -2.35. The standard InChI is InChI=1S/C25H51NO6/c1-4-7-9-10-11-12-14-26(15-18-29-16-8-5-2)25(27)13-17-30-21-22-32-24-23-31-20-19-28-6-3/h4-24H2,1-3H3. The number of unbranched alkanes of at least 4 members (excludes halogenated alkanes) is 6. The highest BCUT2D eigenvalue weighted by Crippen LogP contribution is 2.07. The molecule has 0 aliphatic heterocycles. The van der Waals surface area contributed by atoms with E-state index in [9.17, 15) is 4.79 Å². The minimum absolute atomic E-state index is 0.154. The van der Waals surface area contributed by atoms with Crippen molar-refractivity contribution in [2.45, 2.75) is 78.6 Å². The average molecular weight is 462 g/mol. The summed E-state index contributed by atoms with van der Waals surface area (Å²) in [4.78, 5) is 14.6. The molecule has 0 N–H and O–H groups in total. The molecule has 0 spiro atoms. The molecular formula is C25H51NO6. The zero-order valence-electron chi connectivity index (χ0n) is 21.2. The van der Waals surface area contributed by atoms with Crippen molar-refractivity contribution < 1.29 is 28.5 Å². The van der Waals surface area contributed by atoms with Crippen LogP contribution in [0.25, 0.3) is 0 Å². The maximum atomic E-state index is 12.6. The van der Waals surface area contributed by atoms with Gasteiger partial charge in [-0.3, -0.25) is 4.79 Å². The number of carbonyl (C=O) groups excluding carboxylic acids is 1. The molecule has 0 unspecified atom stereocenters. The largest absolute Gasteiger partial charge is 0.380 e. The van der Waals surface area contributed by atoms with Crippen molar-refractivity contribution in [3.05, 3.63) is 0 Å². The third kappa shape index (κ3) is 22.5. The van der Waals surface area contributed by atoms with Crippen molar-refractivity contribution in [1.82, 2.24) is 4.90 Å². The Labute approximate surface area is 197 Å². The fourth-order valence-electron chi connectivity index (χ4n) is 3.09. The van der Waals surface area contributed by atoms with Crippen molar-refractivity contribution in [1.29, 1.82) is 0 Å². The van der Waals surface area contributed by atoms with Crippen LogP contribution in [-0.4, -0.2) is 90.0 Å². The summed E-state index contributed by atoms with van der Waals surface area (Å²) in [7, 11) is 0. The second-order valence-corrected chi connectivity index (χ2v) is 7.90. The number of hydrogen-bond acceptors (Lipinski definition) is 6. The van der Waals surface area contributed by atoms with Crippen LogP contribution < -0.4 is 0 Å². The van der Waals surface area contributed by atoms with Crippen molar-refractivity contribution in [3.63, 3.8) is 0 Å². The van der Waals surface area contributed by atoms with Gasteiger partial charge in [0, 0.05) is 26.3 Å². The van der Waals surface area contributed by atoms with Crippen LogP contribution in [0, 0.1) is 0 Å². The van der Waals surface area contributed by atoms with E-state index >= 15 is 0 Å². The molecule has 0 fully saturated rings. The van der Waals surface area contributed by atoms with Gasteiger partial charge in [0.05, 0.1) is 59.3 Å². The molecular weight excluding hydrogens is 410 g/mol. The molecule has 0 aliphatic carbocycles. The summed E-state index contributed by atoms with van der Waals surface area (Å²) < 4.78 is 27.3. The molecule has 1 amide bonds. The van der Waals surface area contributed by atoms with Crippen LogP contribution in [0.15, 0.2) is 0 Å². The third-order valence-corrected chi connectivity index (χ3v) is 5.06.